The second-order valence-corrected chi connectivity index (χ2v) is 6.22. The maximum atomic E-state index is 12.8. The Morgan fingerprint density at radius 2 is 1.81 bits per heavy atom. The molecule has 1 amide bonds. The molecule has 1 aromatic carbocycles. The molecule has 0 spiro atoms. The van der Waals surface area contributed by atoms with Crippen molar-refractivity contribution >= 4 is 23.2 Å². The zero-order chi connectivity index (χ0) is 17.9. The largest absolute Gasteiger partial charge is 0.347 e. The first kappa shape index (κ1) is 16.3. The number of hydrogen-bond donors (Lipinski definition) is 1. The normalized spacial score (nSPS) is 10.8. The lowest BCUT2D eigenvalue weighted by molar-refractivity contribution is 0.0947. The van der Waals surface area contributed by atoms with Crippen LogP contribution in [0, 0.1) is 0 Å². The second kappa shape index (κ2) is 6.98. The topological polar surface area (TPSA) is 59.3 Å². The number of halogens is 1. The molecule has 0 aliphatic carbocycles. The maximum Gasteiger partial charge on any atom is 0.272 e. The summed E-state index contributed by atoms with van der Waals surface area (Å²) in [6.45, 7) is 0.412. The van der Waals surface area contributed by atoms with Gasteiger partial charge >= 0.3 is 0 Å². The molecule has 128 valence electrons. The van der Waals surface area contributed by atoms with E-state index >= 15 is 0 Å². The van der Waals surface area contributed by atoms with E-state index in [9.17, 15) is 4.79 Å². The summed E-state index contributed by atoms with van der Waals surface area (Å²) in [5, 5.41) is 3.57. The third-order valence-electron chi connectivity index (χ3n) is 4.07. The van der Waals surface area contributed by atoms with Crippen LogP contribution in [-0.4, -0.2) is 20.3 Å². The third-order valence-corrected chi connectivity index (χ3v) is 4.32. The van der Waals surface area contributed by atoms with Crippen molar-refractivity contribution in [3.8, 4) is 11.3 Å². The molecule has 0 atom stereocenters. The minimum Gasteiger partial charge on any atom is -0.347 e. The van der Waals surface area contributed by atoms with Gasteiger partial charge in [0.15, 0.2) is 5.69 Å². The summed E-state index contributed by atoms with van der Waals surface area (Å²) < 4.78 is 1.91. The Bertz CT molecular complexity index is 1060. The molecule has 4 aromatic rings. The van der Waals surface area contributed by atoms with Crippen LogP contribution >= 0.6 is 11.6 Å². The van der Waals surface area contributed by atoms with Crippen LogP contribution in [0.1, 0.15) is 16.1 Å². The number of aromatic nitrogens is 3. The Hall–Kier alpha value is -3.18. The molecule has 0 fully saturated rings. The fraction of sp³-hybridized carbons (Fsp3) is 0.0500. The highest BCUT2D eigenvalue weighted by atomic mass is 35.5. The summed E-state index contributed by atoms with van der Waals surface area (Å²) in [5.41, 5.74) is 3.69. The van der Waals surface area contributed by atoms with Gasteiger partial charge in [-0.3, -0.25) is 14.2 Å². The van der Waals surface area contributed by atoms with E-state index in [4.69, 9.17) is 11.6 Å². The number of carbonyl (C=O) groups excluding carboxylic acids is 1. The maximum absolute atomic E-state index is 12.8. The number of imidazole rings is 1. The van der Waals surface area contributed by atoms with Gasteiger partial charge in [-0.15, -0.1) is 0 Å². The number of nitrogens with zero attached hydrogens (tertiary/aromatic N) is 3. The van der Waals surface area contributed by atoms with E-state index < -0.39 is 0 Å². The lowest BCUT2D eigenvalue weighted by atomic mass is 10.1. The minimum atomic E-state index is -0.226. The van der Waals surface area contributed by atoms with Crippen molar-refractivity contribution in [1.82, 2.24) is 19.7 Å². The van der Waals surface area contributed by atoms with Crippen LogP contribution in [-0.2, 0) is 6.54 Å². The molecule has 0 saturated heterocycles. The van der Waals surface area contributed by atoms with Crippen molar-refractivity contribution < 1.29 is 4.79 Å². The molecular weight excluding hydrogens is 348 g/mol. The second-order valence-electron chi connectivity index (χ2n) is 5.78. The van der Waals surface area contributed by atoms with Gasteiger partial charge < -0.3 is 5.32 Å². The number of hydrogen-bond acceptors (Lipinski definition) is 3. The van der Waals surface area contributed by atoms with Crippen LogP contribution < -0.4 is 5.32 Å². The van der Waals surface area contributed by atoms with Gasteiger partial charge in [0.2, 0.25) is 0 Å². The molecule has 6 heteroatoms. The minimum absolute atomic E-state index is 0.226. The van der Waals surface area contributed by atoms with E-state index in [1.54, 1.807) is 24.5 Å². The van der Waals surface area contributed by atoms with Gasteiger partial charge in [0, 0.05) is 35.7 Å². The fourth-order valence-electron chi connectivity index (χ4n) is 2.80. The van der Waals surface area contributed by atoms with Crippen molar-refractivity contribution in [1.29, 1.82) is 0 Å². The van der Waals surface area contributed by atoms with Crippen LogP contribution in [0.15, 0.2) is 73.2 Å². The number of pyridine rings is 2. The number of benzene rings is 1. The molecule has 0 aliphatic heterocycles. The Kier molecular flexibility index (Phi) is 4.37. The highest BCUT2D eigenvalue weighted by Gasteiger charge is 2.20. The number of fused-ring (bicyclic) bond motifs is 1. The Morgan fingerprint density at radius 1 is 1.04 bits per heavy atom. The Balaban J connectivity index is 1.73. The van der Waals surface area contributed by atoms with Gasteiger partial charge in [0.25, 0.3) is 5.91 Å². The van der Waals surface area contributed by atoms with Gasteiger partial charge in [-0.2, -0.15) is 0 Å². The quantitative estimate of drug-likeness (QED) is 0.597. The average molecular weight is 363 g/mol. The number of carbonyl (C=O) groups is 1. The number of amides is 1. The van der Waals surface area contributed by atoms with E-state index in [2.05, 4.69) is 15.3 Å². The fourth-order valence-corrected chi connectivity index (χ4v) is 2.93. The van der Waals surface area contributed by atoms with Crippen LogP contribution in [0.25, 0.3) is 16.9 Å². The van der Waals surface area contributed by atoms with Gasteiger partial charge in [-0.1, -0.05) is 29.8 Å². The summed E-state index contributed by atoms with van der Waals surface area (Å²) in [6.07, 6.45) is 5.29. The van der Waals surface area contributed by atoms with Crippen LogP contribution in [0.5, 0.6) is 0 Å². The molecule has 0 radical (unpaired) electrons. The van der Waals surface area contributed by atoms with E-state index in [1.807, 2.05) is 53.1 Å². The molecule has 0 saturated carbocycles. The molecule has 4 rings (SSSR count). The highest BCUT2D eigenvalue weighted by Crippen LogP contribution is 2.26. The standard InChI is InChI=1S/C20H15ClN4O/c21-16-6-4-15(5-7-16)19-18(24-17-3-1-2-12-25(17)19)20(26)23-13-14-8-10-22-11-9-14/h1-12H,13H2,(H,23,26). The first-order valence-corrected chi connectivity index (χ1v) is 8.50. The van der Waals surface area contributed by atoms with Crippen LogP contribution in [0.2, 0.25) is 5.02 Å². The third kappa shape index (κ3) is 3.17. The van der Waals surface area contributed by atoms with Crippen LogP contribution in [0.3, 0.4) is 0 Å². The summed E-state index contributed by atoms with van der Waals surface area (Å²) in [5.74, 6) is -0.226. The van der Waals surface area contributed by atoms with Gasteiger partial charge in [-0.05, 0) is 42.0 Å². The Labute approximate surface area is 155 Å². The monoisotopic (exact) mass is 362 g/mol. The molecule has 26 heavy (non-hydrogen) atoms. The van der Waals surface area contributed by atoms with Crippen molar-refractivity contribution in [2.24, 2.45) is 0 Å². The molecule has 0 unspecified atom stereocenters. The predicted molar refractivity (Wildman–Crippen MR) is 101 cm³/mol. The van der Waals surface area contributed by atoms with Crippen molar-refractivity contribution in [2.75, 3.05) is 0 Å². The number of rotatable bonds is 4. The van der Waals surface area contributed by atoms with Gasteiger partial charge in [0.1, 0.15) is 5.65 Å². The van der Waals surface area contributed by atoms with Crippen LogP contribution in [0.4, 0.5) is 0 Å². The SMILES string of the molecule is O=C(NCc1ccncc1)c1nc2ccccn2c1-c1ccc(Cl)cc1. The molecule has 3 aromatic heterocycles. The highest BCUT2D eigenvalue weighted by molar-refractivity contribution is 6.30. The number of nitrogens with one attached hydrogen (secondary N) is 1. The first-order chi connectivity index (χ1) is 12.7. The van der Waals surface area contributed by atoms with Crippen molar-refractivity contribution in [3.05, 3.63) is 89.5 Å². The van der Waals surface area contributed by atoms with E-state index in [0.717, 1.165) is 16.8 Å². The lowest BCUT2D eigenvalue weighted by Crippen LogP contribution is -2.23. The zero-order valence-corrected chi connectivity index (χ0v) is 14.5. The average Bonchev–Trinajstić information content (AvgIpc) is 3.07. The molecule has 0 bridgehead atoms. The smallest absolute Gasteiger partial charge is 0.272 e. The zero-order valence-electron chi connectivity index (χ0n) is 13.8. The van der Waals surface area contributed by atoms with E-state index in [0.29, 0.717) is 22.9 Å². The summed E-state index contributed by atoms with van der Waals surface area (Å²) in [6, 6.07) is 16.8. The van der Waals surface area contributed by atoms with E-state index in [1.165, 1.54) is 0 Å². The van der Waals surface area contributed by atoms with Gasteiger partial charge in [0.05, 0.1) is 5.69 Å². The summed E-state index contributed by atoms with van der Waals surface area (Å²) in [4.78, 5) is 21.3. The summed E-state index contributed by atoms with van der Waals surface area (Å²) in [7, 11) is 0. The van der Waals surface area contributed by atoms with Gasteiger partial charge in [-0.25, -0.2) is 4.98 Å². The molecular formula is C20H15ClN4O. The summed E-state index contributed by atoms with van der Waals surface area (Å²) >= 11 is 6.00. The van der Waals surface area contributed by atoms with Crippen molar-refractivity contribution in [3.63, 3.8) is 0 Å². The Morgan fingerprint density at radius 3 is 2.58 bits per heavy atom. The predicted octanol–water partition coefficient (Wildman–Crippen LogP) is 3.98. The molecule has 3 heterocycles. The lowest BCUT2D eigenvalue weighted by Gasteiger charge is -2.07. The molecule has 5 nitrogen and oxygen atoms in total. The molecule has 0 aliphatic rings. The van der Waals surface area contributed by atoms with Crippen molar-refractivity contribution in [2.45, 2.75) is 6.54 Å². The van der Waals surface area contributed by atoms with E-state index in [-0.39, 0.29) is 5.91 Å². The molecule has 1 N–H and O–H groups in total. The first-order valence-electron chi connectivity index (χ1n) is 8.12.